The molecule has 0 fully saturated rings. The van der Waals surface area contributed by atoms with Crippen LogP contribution in [0.2, 0.25) is 0 Å². The fraction of sp³-hybridized carbons (Fsp3) is 0.533. The lowest BCUT2D eigenvalue weighted by Crippen LogP contribution is -2.34. The second-order valence-electron chi connectivity index (χ2n) is 5.97. The molecule has 0 saturated carbocycles. The summed E-state index contributed by atoms with van der Waals surface area (Å²) < 4.78 is 36.3. The first-order valence-electron chi connectivity index (χ1n) is 7.62. The number of nitrogens with zero attached hydrogens (tertiary/aromatic N) is 4. The predicted molar refractivity (Wildman–Crippen MR) is 85.2 cm³/mol. The molecule has 3 rings (SSSR count). The number of imidazole rings is 1. The van der Waals surface area contributed by atoms with Crippen LogP contribution < -0.4 is 0 Å². The van der Waals surface area contributed by atoms with Crippen molar-refractivity contribution in [3.8, 4) is 0 Å². The summed E-state index contributed by atoms with van der Waals surface area (Å²) in [6, 6.07) is 3.93. The molecule has 23 heavy (non-hydrogen) atoms. The molecule has 126 valence electrons. The SMILES string of the molecule is COCC[C@H]1CN(S(=O)(=O)c2cn(C)cn2)Cc2cccn2C1. The number of hydrogen-bond acceptors (Lipinski definition) is 4. The molecule has 7 nitrogen and oxygen atoms in total. The third-order valence-electron chi connectivity index (χ3n) is 4.19. The Kier molecular flexibility index (Phi) is 4.56. The largest absolute Gasteiger partial charge is 0.385 e. The van der Waals surface area contributed by atoms with Crippen LogP contribution >= 0.6 is 0 Å². The Bertz CT molecular complexity index is 765. The average Bonchev–Trinajstić information content (AvgIpc) is 3.10. The van der Waals surface area contributed by atoms with E-state index in [1.54, 1.807) is 24.9 Å². The van der Waals surface area contributed by atoms with Crippen LogP contribution in [0.3, 0.4) is 0 Å². The molecule has 8 heteroatoms. The van der Waals surface area contributed by atoms with Crippen molar-refractivity contribution in [2.24, 2.45) is 13.0 Å². The van der Waals surface area contributed by atoms with E-state index in [-0.39, 0.29) is 10.9 Å². The third-order valence-corrected chi connectivity index (χ3v) is 5.89. The molecule has 3 heterocycles. The fourth-order valence-electron chi connectivity index (χ4n) is 2.94. The van der Waals surface area contributed by atoms with Crippen LogP contribution in [0.15, 0.2) is 35.9 Å². The quantitative estimate of drug-likeness (QED) is 0.818. The summed E-state index contributed by atoms with van der Waals surface area (Å²) in [6.45, 7) is 2.28. The number of aryl methyl sites for hydroxylation is 1. The highest BCUT2D eigenvalue weighted by atomic mass is 32.2. The van der Waals surface area contributed by atoms with Crippen LogP contribution in [-0.4, -0.2) is 47.1 Å². The first-order valence-corrected chi connectivity index (χ1v) is 9.06. The van der Waals surface area contributed by atoms with Crippen molar-refractivity contribution in [1.82, 2.24) is 18.4 Å². The summed E-state index contributed by atoms with van der Waals surface area (Å²) in [7, 11) is -0.164. The van der Waals surface area contributed by atoms with Crippen LogP contribution in [0.4, 0.5) is 0 Å². The van der Waals surface area contributed by atoms with Gasteiger partial charge in [-0.05, 0) is 24.5 Å². The Morgan fingerprint density at radius 3 is 2.91 bits per heavy atom. The molecule has 1 aliphatic rings. The second kappa shape index (κ2) is 6.46. The average molecular weight is 338 g/mol. The Morgan fingerprint density at radius 2 is 2.22 bits per heavy atom. The van der Waals surface area contributed by atoms with E-state index in [1.807, 2.05) is 18.3 Å². The molecule has 0 unspecified atom stereocenters. The molecule has 2 aromatic rings. The lowest BCUT2D eigenvalue weighted by molar-refractivity contribution is 0.167. The van der Waals surface area contributed by atoms with Gasteiger partial charge in [-0.25, -0.2) is 13.4 Å². The highest BCUT2D eigenvalue weighted by Gasteiger charge is 2.32. The van der Waals surface area contributed by atoms with E-state index in [9.17, 15) is 8.42 Å². The predicted octanol–water partition coefficient (Wildman–Crippen LogP) is 1.08. The molecule has 0 N–H and O–H groups in total. The third kappa shape index (κ3) is 3.34. The Labute approximate surface area is 136 Å². The van der Waals surface area contributed by atoms with Crippen LogP contribution in [0.5, 0.6) is 0 Å². The molecule has 1 atom stereocenters. The minimum Gasteiger partial charge on any atom is -0.385 e. The monoisotopic (exact) mass is 338 g/mol. The smallest absolute Gasteiger partial charge is 0.262 e. The second-order valence-corrected chi connectivity index (χ2v) is 7.86. The van der Waals surface area contributed by atoms with E-state index in [1.165, 1.54) is 10.6 Å². The Morgan fingerprint density at radius 1 is 1.39 bits per heavy atom. The summed E-state index contributed by atoms with van der Waals surface area (Å²) in [4.78, 5) is 4.03. The maximum Gasteiger partial charge on any atom is 0.262 e. The van der Waals surface area contributed by atoms with Crippen molar-refractivity contribution in [3.63, 3.8) is 0 Å². The van der Waals surface area contributed by atoms with E-state index < -0.39 is 10.0 Å². The minimum atomic E-state index is -3.60. The van der Waals surface area contributed by atoms with Gasteiger partial charge in [0.25, 0.3) is 10.0 Å². The number of sulfonamides is 1. The lowest BCUT2D eigenvalue weighted by Gasteiger charge is -2.22. The zero-order chi connectivity index (χ0) is 16.4. The van der Waals surface area contributed by atoms with Crippen molar-refractivity contribution in [3.05, 3.63) is 36.5 Å². The summed E-state index contributed by atoms with van der Waals surface area (Å²) >= 11 is 0. The van der Waals surface area contributed by atoms with E-state index >= 15 is 0 Å². The zero-order valence-corrected chi connectivity index (χ0v) is 14.2. The van der Waals surface area contributed by atoms with E-state index in [0.717, 1.165) is 18.7 Å². The van der Waals surface area contributed by atoms with Gasteiger partial charge in [-0.15, -0.1) is 0 Å². The van der Waals surface area contributed by atoms with Gasteiger partial charge >= 0.3 is 0 Å². The Hall–Kier alpha value is -1.64. The molecule has 0 aromatic carbocycles. The van der Waals surface area contributed by atoms with Crippen molar-refractivity contribution in [1.29, 1.82) is 0 Å². The van der Waals surface area contributed by atoms with E-state index in [4.69, 9.17) is 4.74 Å². The Balaban J connectivity index is 1.91. The number of rotatable bonds is 5. The molecule has 0 radical (unpaired) electrons. The van der Waals surface area contributed by atoms with Gasteiger partial charge in [0.1, 0.15) is 0 Å². The topological polar surface area (TPSA) is 69.4 Å². The van der Waals surface area contributed by atoms with Crippen molar-refractivity contribution in [2.45, 2.75) is 24.5 Å². The molecule has 0 aliphatic carbocycles. The highest BCUT2D eigenvalue weighted by Crippen LogP contribution is 2.24. The molecule has 0 spiro atoms. The normalized spacial score (nSPS) is 19.5. The minimum absolute atomic E-state index is 0.102. The van der Waals surface area contributed by atoms with Gasteiger partial charge in [-0.3, -0.25) is 0 Å². The molecule has 2 aromatic heterocycles. The number of methoxy groups -OCH3 is 1. The summed E-state index contributed by atoms with van der Waals surface area (Å²) in [5.41, 5.74) is 1.00. The van der Waals surface area contributed by atoms with Crippen LogP contribution in [0.1, 0.15) is 12.1 Å². The van der Waals surface area contributed by atoms with Gasteiger partial charge in [0.15, 0.2) is 5.03 Å². The number of aromatic nitrogens is 3. The number of ether oxygens (including phenoxy) is 1. The van der Waals surface area contributed by atoms with Crippen molar-refractivity contribution < 1.29 is 13.2 Å². The maximum absolute atomic E-state index is 12.9. The van der Waals surface area contributed by atoms with Crippen LogP contribution in [0.25, 0.3) is 0 Å². The molecule has 0 saturated heterocycles. The van der Waals surface area contributed by atoms with E-state index in [0.29, 0.717) is 19.7 Å². The van der Waals surface area contributed by atoms with Gasteiger partial charge in [-0.1, -0.05) is 0 Å². The van der Waals surface area contributed by atoms with Gasteiger partial charge in [0, 0.05) is 51.9 Å². The summed E-state index contributed by atoms with van der Waals surface area (Å²) in [5, 5.41) is 0.102. The zero-order valence-electron chi connectivity index (χ0n) is 13.4. The van der Waals surface area contributed by atoms with Crippen molar-refractivity contribution in [2.75, 3.05) is 20.3 Å². The molecule has 1 aliphatic heterocycles. The lowest BCUT2D eigenvalue weighted by atomic mass is 10.1. The van der Waals surface area contributed by atoms with Crippen molar-refractivity contribution >= 4 is 10.0 Å². The molecular formula is C15H22N4O3S. The standard InChI is InChI=1S/C15H22N4O3S/c1-17-11-15(16-12-17)23(20,21)19-9-13(5-7-22-2)8-18-6-3-4-14(18)10-19/h3-4,6,11-13H,5,7-10H2,1-2H3/t13-/m1/s1. The highest BCUT2D eigenvalue weighted by molar-refractivity contribution is 7.89. The maximum atomic E-state index is 12.9. The summed E-state index contributed by atoms with van der Waals surface area (Å²) in [6.07, 6.45) is 5.88. The summed E-state index contributed by atoms with van der Waals surface area (Å²) in [5.74, 6) is 0.210. The van der Waals surface area contributed by atoms with Crippen LogP contribution in [0, 0.1) is 5.92 Å². The molecule has 0 bridgehead atoms. The number of hydrogen-bond donors (Lipinski definition) is 0. The molecule has 0 amide bonds. The molecular weight excluding hydrogens is 316 g/mol. The van der Waals surface area contributed by atoms with Crippen LogP contribution in [-0.2, 0) is 34.9 Å². The van der Waals surface area contributed by atoms with Gasteiger partial charge in [0.05, 0.1) is 12.9 Å². The van der Waals surface area contributed by atoms with Gasteiger partial charge < -0.3 is 13.9 Å². The van der Waals surface area contributed by atoms with E-state index in [2.05, 4.69) is 9.55 Å². The van der Waals surface area contributed by atoms with Gasteiger partial charge in [0.2, 0.25) is 0 Å². The fourth-order valence-corrected chi connectivity index (χ4v) is 4.40. The first kappa shape index (κ1) is 16.2. The first-order chi connectivity index (χ1) is 11.0. The number of fused-ring (bicyclic) bond motifs is 1. The van der Waals surface area contributed by atoms with Gasteiger partial charge in [-0.2, -0.15) is 4.31 Å².